The Morgan fingerprint density at radius 1 is 1.14 bits per heavy atom. The van der Waals surface area contributed by atoms with Gasteiger partial charge in [0.1, 0.15) is 0 Å². The third kappa shape index (κ3) is 2.95. The van der Waals surface area contributed by atoms with E-state index in [1.165, 1.54) is 17.5 Å². The Morgan fingerprint density at radius 3 is 2.68 bits per heavy atom. The summed E-state index contributed by atoms with van der Waals surface area (Å²) in [5.74, 6) is 0. The van der Waals surface area contributed by atoms with E-state index in [0.29, 0.717) is 6.04 Å². The molecule has 0 amide bonds. The summed E-state index contributed by atoms with van der Waals surface area (Å²) in [6.07, 6.45) is 2.36. The van der Waals surface area contributed by atoms with Gasteiger partial charge in [-0.2, -0.15) is 0 Å². The summed E-state index contributed by atoms with van der Waals surface area (Å²) in [5.41, 5.74) is 1.05. The molecule has 118 valence electrons. The molecule has 0 atom stereocenters. The first kappa shape index (κ1) is 14.7. The lowest BCUT2D eigenvalue weighted by Gasteiger charge is -2.40. The van der Waals surface area contributed by atoms with Gasteiger partial charge in [0.25, 0.3) is 0 Å². The molecule has 0 radical (unpaired) electrons. The molecule has 0 N–H and O–H groups in total. The van der Waals surface area contributed by atoms with E-state index in [1.807, 2.05) is 18.2 Å². The molecule has 0 bridgehead atoms. The fourth-order valence-corrected chi connectivity index (χ4v) is 4.64. The molecule has 0 saturated carbocycles. The van der Waals surface area contributed by atoms with Gasteiger partial charge in [-0.15, -0.1) is 0 Å². The van der Waals surface area contributed by atoms with E-state index in [0.717, 1.165) is 55.1 Å². The standard InChI is InChI=1S/C16H20ClN3OS/c17-12-1-2-14-15(11-12)22-16(18-14)20-7-5-19(6-8-20)13-3-9-21-10-4-13/h1-2,11,13H,3-10H2. The second kappa shape index (κ2) is 6.32. The van der Waals surface area contributed by atoms with Crippen LogP contribution in [-0.4, -0.2) is 55.3 Å². The van der Waals surface area contributed by atoms with Crippen molar-refractivity contribution in [2.24, 2.45) is 0 Å². The number of hydrogen-bond donors (Lipinski definition) is 0. The predicted molar refractivity (Wildman–Crippen MR) is 92.3 cm³/mol. The van der Waals surface area contributed by atoms with Crippen molar-refractivity contribution in [3.05, 3.63) is 23.2 Å². The minimum atomic E-state index is 0.713. The minimum absolute atomic E-state index is 0.713. The van der Waals surface area contributed by atoms with E-state index in [4.69, 9.17) is 21.3 Å². The molecule has 1 aromatic heterocycles. The average molecular weight is 338 g/mol. The molecule has 2 saturated heterocycles. The molecule has 2 aliphatic heterocycles. The van der Waals surface area contributed by atoms with Gasteiger partial charge in [-0.05, 0) is 31.0 Å². The number of fused-ring (bicyclic) bond motifs is 1. The number of aromatic nitrogens is 1. The van der Waals surface area contributed by atoms with Crippen LogP contribution in [0.2, 0.25) is 5.02 Å². The van der Waals surface area contributed by atoms with Crippen molar-refractivity contribution in [2.75, 3.05) is 44.3 Å². The SMILES string of the molecule is Clc1ccc2nc(N3CCN(C4CCOCC4)CC3)sc2c1. The van der Waals surface area contributed by atoms with E-state index in [9.17, 15) is 0 Å². The van der Waals surface area contributed by atoms with Gasteiger partial charge in [0.2, 0.25) is 0 Å². The van der Waals surface area contributed by atoms with E-state index in [2.05, 4.69) is 9.80 Å². The third-order valence-corrected chi connectivity index (χ3v) is 5.95. The van der Waals surface area contributed by atoms with Gasteiger partial charge < -0.3 is 9.64 Å². The lowest BCUT2D eigenvalue weighted by atomic mass is 10.1. The van der Waals surface area contributed by atoms with Crippen molar-refractivity contribution in [1.29, 1.82) is 0 Å². The van der Waals surface area contributed by atoms with Crippen LogP contribution in [0, 0.1) is 0 Å². The summed E-state index contributed by atoms with van der Waals surface area (Å²) < 4.78 is 6.64. The average Bonchev–Trinajstić information content (AvgIpc) is 2.99. The number of nitrogens with zero attached hydrogens (tertiary/aromatic N) is 3. The molecule has 4 nitrogen and oxygen atoms in total. The van der Waals surface area contributed by atoms with Gasteiger partial charge in [-0.25, -0.2) is 4.98 Å². The topological polar surface area (TPSA) is 28.6 Å². The van der Waals surface area contributed by atoms with Crippen molar-refractivity contribution in [3.8, 4) is 0 Å². The maximum Gasteiger partial charge on any atom is 0.186 e. The van der Waals surface area contributed by atoms with Crippen LogP contribution in [0.3, 0.4) is 0 Å². The van der Waals surface area contributed by atoms with Gasteiger partial charge in [0.05, 0.1) is 10.2 Å². The zero-order chi connectivity index (χ0) is 14.9. The van der Waals surface area contributed by atoms with Crippen LogP contribution >= 0.6 is 22.9 Å². The van der Waals surface area contributed by atoms with Crippen molar-refractivity contribution in [3.63, 3.8) is 0 Å². The summed E-state index contributed by atoms with van der Waals surface area (Å²) >= 11 is 7.81. The lowest BCUT2D eigenvalue weighted by Crippen LogP contribution is -2.51. The highest BCUT2D eigenvalue weighted by Gasteiger charge is 2.26. The molecular formula is C16H20ClN3OS. The first-order chi connectivity index (χ1) is 10.8. The van der Waals surface area contributed by atoms with E-state index in [1.54, 1.807) is 11.3 Å². The highest BCUT2D eigenvalue weighted by Crippen LogP contribution is 2.31. The predicted octanol–water partition coefficient (Wildman–Crippen LogP) is 3.25. The van der Waals surface area contributed by atoms with Crippen LogP contribution in [0.5, 0.6) is 0 Å². The molecule has 4 rings (SSSR count). The third-order valence-electron chi connectivity index (χ3n) is 4.63. The molecule has 0 spiro atoms. The molecule has 3 heterocycles. The van der Waals surface area contributed by atoms with Crippen molar-refractivity contribution in [1.82, 2.24) is 9.88 Å². The van der Waals surface area contributed by atoms with Crippen LogP contribution < -0.4 is 4.90 Å². The Bertz CT molecular complexity index is 648. The van der Waals surface area contributed by atoms with Gasteiger partial charge in [0.15, 0.2) is 5.13 Å². The molecule has 6 heteroatoms. The largest absolute Gasteiger partial charge is 0.381 e. The number of piperazine rings is 1. The molecule has 22 heavy (non-hydrogen) atoms. The molecule has 0 aliphatic carbocycles. The van der Waals surface area contributed by atoms with Gasteiger partial charge in [0, 0.05) is 50.5 Å². The summed E-state index contributed by atoms with van der Waals surface area (Å²) in [7, 11) is 0. The molecule has 2 aliphatic rings. The zero-order valence-corrected chi connectivity index (χ0v) is 14.1. The number of halogens is 1. The molecule has 0 unspecified atom stereocenters. The fourth-order valence-electron chi connectivity index (χ4n) is 3.35. The quantitative estimate of drug-likeness (QED) is 0.841. The smallest absolute Gasteiger partial charge is 0.186 e. The van der Waals surface area contributed by atoms with E-state index < -0.39 is 0 Å². The Morgan fingerprint density at radius 2 is 1.91 bits per heavy atom. The van der Waals surface area contributed by atoms with Crippen LogP contribution in [-0.2, 0) is 4.74 Å². The van der Waals surface area contributed by atoms with Crippen LogP contribution in [0.25, 0.3) is 10.2 Å². The first-order valence-electron chi connectivity index (χ1n) is 7.92. The maximum atomic E-state index is 6.07. The van der Waals surface area contributed by atoms with E-state index >= 15 is 0 Å². The van der Waals surface area contributed by atoms with E-state index in [-0.39, 0.29) is 0 Å². The monoisotopic (exact) mass is 337 g/mol. The number of ether oxygens (including phenoxy) is 1. The number of hydrogen-bond acceptors (Lipinski definition) is 5. The highest BCUT2D eigenvalue weighted by molar-refractivity contribution is 7.22. The fraction of sp³-hybridized carbons (Fsp3) is 0.562. The molecule has 2 aromatic rings. The summed E-state index contributed by atoms with van der Waals surface area (Å²) in [6, 6.07) is 6.65. The Kier molecular flexibility index (Phi) is 4.22. The second-order valence-corrected chi connectivity index (χ2v) is 7.42. The zero-order valence-electron chi connectivity index (χ0n) is 12.5. The summed E-state index contributed by atoms with van der Waals surface area (Å²) in [6.45, 7) is 6.21. The van der Waals surface area contributed by atoms with Gasteiger partial charge in [-0.1, -0.05) is 22.9 Å². The molecule has 2 fully saturated rings. The second-order valence-electron chi connectivity index (χ2n) is 5.98. The van der Waals surface area contributed by atoms with Crippen LogP contribution in [0.1, 0.15) is 12.8 Å². The summed E-state index contributed by atoms with van der Waals surface area (Å²) in [5, 5.41) is 1.91. The van der Waals surface area contributed by atoms with Gasteiger partial charge >= 0.3 is 0 Å². The summed E-state index contributed by atoms with van der Waals surface area (Å²) in [4.78, 5) is 9.80. The number of rotatable bonds is 2. The van der Waals surface area contributed by atoms with Crippen molar-refractivity contribution >= 4 is 38.3 Å². The highest BCUT2D eigenvalue weighted by atomic mass is 35.5. The number of benzene rings is 1. The van der Waals surface area contributed by atoms with Crippen molar-refractivity contribution in [2.45, 2.75) is 18.9 Å². The Hall–Kier alpha value is -0.880. The number of anilines is 1. The Labute approximate surface area is 139 Å². The van der Waals surface area contributed by atoms with Crippen LogP contribution in [0.4, 0.5) is 5.13 Å². The number of thiazole rings is 1. The first-order valence-corrected chi connectivity index (χ1v) is 9.12. The van der Waals surface area contributed by atoms with Crippen LogP contribution in [0.15, 0.2) is 18.2 Å². The van der Waals surface area contributed by atoms with Gasteiger partial charge in [-0.3, -0.25) is 4.90 Å². The lowest BCUT2D eigenvalue weighted by molar-refractivity contribution is 0.0321. The maximum absolute atomic E-state index is 6.07. The molecular weight excluding hydrogens is 318 g/mol. The minimum Gasteiger partial charge on any atom is -0.381 e. The Balaban J connectivity index is 1.43. The molecule has 1 aromatic carbocycles. The normalized spacial score (nSPS) is 21.6. The van der Waals surface area contributed by atoms with Crippen molar-refractivity contribution < 1.29 is 4.74 Å².